The first-order valence-corrected chi connectivity index (χ1v) is 9.29. The van der Waals surface area contributed by atoms with Gasteiger partial charge in [0.25, 0.3) is 0 Å². The summed E-state index contributed by atoms with van der Waals surface area (Å²) >= 11 is 0. The number of carbonyl (C=O) groups is 1. The molecular formula is C24H26F2N2O. The summed E-state index contributed by atoms with van der Waals surface area (Å²) in [6.45, 7) is 12.8. The smallest absolute Gasteiger partial charge is 0.247 e. The summed E-state index contributed by atoms with van der Waals surface area (Å²) in [4.78, 5) is 16.4. The van der Waals surface area contributed by atoms with Gasteiger partial charge in [-0.25, -0.2) is 8.78 Å². The molecule has 2 rings (SSSR count). The molecule has 0 bridgehead atoms. The lowest BCUT2D eigenvalue weighted by Crippen LogP contribution is -2.48. The normalized spacial score (nSPS) is 13.5. The van der Waals surface area contributed by atoms with Crippen molar-refractivity contribution in [3.63, 3.8) is 0 Å². The number of carbonyl (C=O) groups excluding carboxylic acids is 1. The molecule has 0 heterocycles. The van der Waals surface area contributed by atoms with E-state index in [1.54, 1.807) is 6.92 Å². The summed E-state index contributed by atoms with van der Waals surface area (Å²) in [5, 5.41) is 3.07. The summed E-state index contributed by atoms with van der Waals surface area (Å²) in [6, 6.07) is 12.2. The molecule has 0 radical (unpaired) electrons. The number of nitrogens with zero attached hydrogens (tertiary/aromatic N) is 1. The second kappa shape index (κ2) is 9.41. The second-order valence-electron chi connectivity index (χ2n) is 7.60. The maximum Gasteiger partial charge on any atom is 0.247 e. The maximum atomic E-state index is 13.9. The maximum absolute atomic E-state index is 13.9. The highest BCUT2D eigenvalue weighted by molar-refractivity contribution is 5.98. The topological polar surface area (TPSA) is 41.5 Å². The lowest BCUT2D eigenvalue weighted by Gasteiger charge is -2.32. The average molecular weight is 396 g/mol. The van der Waals surface area contributed by atoms with Crippen LogP contribution in [0.4, 0.5) is 14.5 Å². The predicted octanol–water partition coefficient (Wildman–Crippen LogP) is 5.78. The van der Waals surface area contributed by atoms with Gasteiger partial charge in [-0.3, -0.25) is 9.79 Å². The van der Waals surface area contributed by atoms with Crippen molar-refractivity contribution in [1.82, 2.24) is 5.32 Å². The van der Waals surface area contributed by atoms with Crippen LogP contribution < -0.4 is 5.32 Å². The van der Waals surface area contributed by atoms with E-state index in [9.17, 15) is 13.6 Å². The minimum absolute atomic E-state index is 0.217. The van der Waals surface area contributed by atoms with E-state index in [0.29, 0.717) is 18.4 Å². The largest absolute Gasteiger partial charge is 0.347 e. The van der Waals surface area contributed by atoms with E-state index in [0.717, 1.165) is 17.2 Å². The third-order valence-electron chi connectivity index (χ3n) is 4.53. The number of hydrogen-bond acceptors (Lipinski definition) is 2. The van der Waals surface area contributed by atoms with Crippen molar-refractivity contribution in [2.45, 2.75) is 39.2 Å². The number of amides is 1. The second-order valence-corrected chi connectivity index (χ2v) is 7.60. The molecule has 0 aromatic heterocycles. The van der Waals surface area contributed by atoms with Crippen molar-refractivity contribution in [2.24, 2.45) is 4.99 Å². The molecular weight excluding hydrogens is 370 g/mol. The fourth-order valence-electron chi connectivity index (χ4n) is 3.37. The molecule has 29 heavy (non-hydrogen) atoms. The molecule has 0 aliphatic rings. The van der Waals surface area contributed by atoms with Crippen LogP contribution in [0.25, 0.3) is 6.08 Å². The molecule has 152 valence electrons. The fourth-order valence-corrected chi connectivity index (χ4v) is 3.37. The molecule has 1 unspecified atom stereocenters. The Morgan fingerprint density at radius 2 is 1.83 bits per heavy atom. The summed E-state index contributed by atoms with van der Waals surface area (Å²) < 4.78 is 27.3. The van der Waals surface area contributed by atoms with Gasteiger partial charge in [-0.1, -0.05) is 35.9 Å². The molecule has 0 saturated carbocycles. The molecule has 1 atom stereocenters. The standard InChI is InChI=1S/C24H26F2N2O/c1-16(2)14-24(4,15-18-9-7-6-8-10-18)28-23(29)17(3)13-19-11-12-20(25)21(26)22(19)27-5/h6-13H,1,5,14-15H2,2-4H3,(H,28,29)/b17-13+. The van der Waals surface area contributed by atoms with Crippen molar-refractivity contribution >= 4 is 24.4 Å². The third kappa shape index (κ3) is 5.95. The zero-order chi connectivity index (χ0) is 21.6. The van der Waals surface area contributed by atoms with E-state index in [1.807, 2.05) is 44.2 Å². The Hall–Kier alpha value is -3.08. The van der Waals surface area contributed by atoms with Crippen LogP contribution in [-0.4, -0.2) is 18.2 Å². The van der Waals surface area contributed by atoms with Crippen LogP contribution in [-0.2, 0) is 11.2 Å². The number of hydrogen-bond donors (Lipinski definition) is 1. The number of aliphatic imine (C=N–C) groups is 1. The van der Waals surface area contributed by atoms with Gasteiger partial charge in [0.15, 0.2) is 11.6 Å². The van der Waals surface area contributed by atoms with E-state index in [1.165, 1.54) is 12.1 Å². The Kier molecular flexibility index (Phi) is 7.21. The van der Waals surface area contributed by atoms with Crippen molar-refractivity contribution in [1.29, 1.82) is 0 Å². The molecule has 0 aliphatic heterocycles. The first kappa shape index (κ1) is 22.2. The molecule has 0 fully saturated rings. The van der Waals surface area contributed by atoms with Gasteiger partial charge < -0.3 is 5.32 Å². The first-order valence-electron chi connectivity index (χ1n) is 9.29. The lowest BCUT2D eigenvalue weighted by atomic mass is 9.86. The highest BCUT2D eigenvalue weighted by atomic mass is 19.2. The molecule has 2 aromatic carbocycles. The Morgan fingerprint density at radius 1 is 1.17 bits per heavy atom. The monoisotopic (exact) mass is 396 g/mol. The zero-order valence-corrected chi connectivity index (χ0v) is 17.1. The Bertz CT molecular complexity index is 951. The van der Waals surface area contributed by atoms with Crippen LogP contribution in [0.3, 0.4) is 0 Å². The van der Waals surface area contributed by atoms with Crippen molar-refractivity contribution < 1.29 is 13.6 Å². The van der Waals surface area contributed by atoms with Crippen LogP contribution >= 0.6 is 0 Å². The first-order chi connectivity index (χ1) is 13.6. The SMILES string of the molecule is C=Nc1c(/C=C(\C)C(=O)NC(C)(CC(=C)C)Cc2ccccc2)ccc(F)c1F. The van der Waals surface area contributed by atoms with Crippen LogP contribution in [0.2, 0.25) is 0 Å². The molecule has 5 heteroatoms. The third-order valence-corrected chi connectivity index (χ3v) is 4.53. The van der Waals surface area contributed by atoms with Crippen LogP contribution in [0.5, 0.6) is 0 Å². The average Bonchev–Trinajstić information content (AvgIpc) is 2.64. The Morgan fingerprint density at radius 3 is 2.41 bits per heavy atom. The Labute approximate surface area is 170 Å². The Balaban J connectivity index is 2.29. The van der Waals surface area contributed by atoms with Crippen LogP contribution in [0.15, 0.2) is 65.2 Å². The molecule has 0 spiro atoms. The highest BCUT2D eigenvalue weighted by Gasteiger charge is 2.27. The molecule has 1 N–H and O–H groups in total. The van der Waals surface area contributed by atoms with Gasteiger partial charge in [-0.05, 0) is 64.1 Å². The fraction of sp³-hybridized carbons (Fsp3) is 0.250. The molecule has 3 nitrogen and oxygen atoms in total. The van der Waals surface area contributed by atoms with Gasteiger partial charge in [0, 0.05) is 16.7 Å². The predicted molar refractivity (Wildman–Crippen MR) is 115 cm³/mol. The van der Waals surface area contributed by atoms with Gasteiger partial charge in [0.1, 0.15) is 5.69 Å². The van der Waals surface area contributed by atoms with Crippen LogP contribution in [0.1, 0.15) is 38.3 Å². The van der Waals surface area contributed by atoms with Crippen molar-refractivity contribution in [3.8, 4) is 0 Å². The minimum atomic E-state index is -1.09. The van der Waals surface area contributed by atoms with E-state index >= 15 is 0 Å². The molecule has 0 saturated heterocycles. The van der Waals surface area contributed by atoms with E-state index in [-0.39, 0.29) is 17.2 Å². The number of nitrogens with one attached hydrogen (secondary N) is 1. The molecule has 2 aromatic rings. The lowest BCUT2D eigenvalue weighted by molar-refractivity contribution is -0.119. The number of rotatable bonds is 8. The van der Waals surface area contributed by atoms with Crippen LogP contribution in [0, 0.1) is 11.6 Å². The van der Waals surface area contributed by atoms with Gasteiger partial charge in [0.05, 0.1) is 0 Å². The molecule has 0 aliphatic carbocycles. The number of halogens is 2. The summed E-state index contributed by atoms with van der Waals surface area (Å²) in [5.41, 5.74) is 1.91. The van der Waals surface area contributed by atoms with Crippen molar-refractivity contribution in [2.75, 3.05) is 0 Å². The van der Waals surface area contributed by atoms with E-state index < -0.39 is 17.2 Å². The zero-order valence-electron chi connectivity index (χ0n) is 17.1. The van der Waals surface area contributed by atoms with E-state index in [2.05, 4.69) is 23.6 Å². The van der Waals surface area contributed by atoms with E-state index in [4.69, 9.17) is 0 Å². The highest BCUT2D eigenvalue weighted by Crippen LogP contribution is 2.27. The number of benzene rings is 2. The van der Waals surface area contributed by atoms with Crippen molar-refractivity contribution in [3.05, 3.63) is 83.0 Å². The summed E-state index contributed by atoms with van der Waals surface area (Å²) in [6.07, 6.45) is 2.71. The quantitative estimate of drug-likeness (QED) is 0.343. The summed E-state index contributed by atoms with van der Waals surface area (Å²) in [7, 11) is 0. The van der Waals surface area contributed by atoms with Gasteiger partial charge in [0.2, 0.25) is 5.91 Å². The van der Waals surface area contributed by atoms with Gasteiger partial charge in [-0.15, -0.1) is 6.58 Å². The van der Waals surface area contributed by atoms with Gasteiger partial charge >= 0.3 is 0 Å². The molecule has 1 amide bonds. The van der Waals surface area contributed by atoms with Gasteiger partial charge in [-0.2, -0.15) is 0 Å². The minimum Gasteiger partial charge on any atom is -0.347 e. The summed E-state index contributed by atoms with van der Waals surface area (Å²) in [5.74, 6) is -2.40.